The van der Waals surface area contributed by atoms with Crippen LogP contribution in [0.3, 0.4) is 0 Å². The molecule has 2 bridgehead atoms. The van der Waals surface area contributed by atoms with Crippen molar-refractivity contribution in [2.24, 2.45) is 11.8 Å². The van der Waals surface area contributed by atoms with E-state index in [2.05, 4.69) is 17.6 Å². The van der Waals surface area contributed by atoms with Crippen molar-refractivity contribution in [3.8, 4) is 11.8 Å². The number of aromatic nitrogens is 1. The summed E-state index contributed by atoms with van der Waals surface area (Å²) in [6.45, 7) is 0. The van der Waals surface area contributed by atoms with E-state index < -0.39 is 0 Å². The van der Waals surface area contributed by atoms with Gasteiger partial charge in [-0.05, 0) is 18.3 Å². The van der Waals surface area contributed by atoms with Crippen molar-refractivity contribution in [3.63, 3.8) is 0 Å². The molecule has 84 valence electrons. The lowest BCUT2D eigenvalue weighted by Gasteiger charge is -2.29. The largest absolute Gasteiger partial charge is 0.493 e. The number of nitrogens with zero attached hydrogens (tertiary/aromatic N) is 1. The molecule has 3 N–H and O–H groups in total. The van der Waals surface area contributed by atoms with E-state index in [1.54, 1.807) is 7.05 Å². The highest BCUT2D eigenvalue weighted by Crippen LogP contribution is 2.67. The number of aromatic hydroxyl groups is 2. The predicted molar refractivity (Wildman–Crippen MR) is 59.3 cm³/mol. The van der Waals surface area contributed by atoms with Crippen molar-refractivity contribution in [2.45, 2.75) is 18.3 Å². The van der Waals surface area contributed by atoms with Gasteiger partial charge in [0.15, 0.2) is 0 Å². The van der Waals surface area contributed by atoms with Crippen LogP contribution in [-0.2, 0) is 0 Å². The van der Waals surface area contributed by atoms with Gasteiger partial charge in [0.25, 0.3) is 0 Å². The first-order valence-electron chi connectivity index (χ1n) is 5.76. The third-order valence-electron chi connectivity index (χ3n) is 4.43. The van der Waals surface area contributed by atoms with Gasteiger partial charge in [0.1, 0.15) is 0 Å². The molecule has 1 aromatic heterocycles. The normalized spacial score (nSPS) is 37.1. The van der Waals surface area contributed by atoms with Gasteiger partial charge in [-0.25, -0.2) is 0 Å². The van der Waals surface area contributed by atoms with E-state index in [9.17, 15) is 10.2 Å². The van der Waals surface area contributed by atoms with Gasteiger partial charge in [-0.1, -0.05) is 12.2 Å². The zero-order valence-corrected chi connectivity index (χ0v) is 9.01. The van der Waals surface area contributed by atoms with Gasteiger partial charge in [0.2, 0.25) is 11.8 Å². The quantitative estimate of drug-likeness (QED) is 0.625. The minimum atomic E-state index is 0.180. The van der Waals surface area contributed by atoms with E-state index in [0.717, 1.165) is 11.1 Å². The summed E-state index contributed by atoms with van der Waals surface area (Å²) >= 11 is 0. The molecule has 0 amide bonds. The van der Waals surface area contributed by atoms with Gasteiger partial charge >= 0.3 is 0 Å². The molecule has 1 heterocycles. The van der Waals surface area contributed by atoms with Crippen LogP contribution < -0.4 is 5.43 Å². The highest BCUT2D eigenvalue weighted by molar-refractivity contribution is 5.59. The van der Waals surface area contributed by atoms with Crippen LogP contribution in [0, 0.1) is 11.8 Å². The molecule has 4 nitrogen and oxygen atoms in total. The Labute approximate surface area is 93.2 Å². The van der Waals surface area contributed by atoms with E-state index in [4.69, 9.17) is 0 Å². The van der Waals surface area contributed by atoms with Crippen LogP contribution in [0.2, 0.25) is 0 Å². The second kappa shape index (κ2) is 2.39. The van der Waals surface area contributed by atoms with Gasteiger partial charge in [-0.15, -0.1) is 0 Å². The van der Waals surface area contributed by atoms with E-state index >= 15 is 0 Å². The Morgan fingerprint density at radius 1 is 1.12 bits per heavy atom. The molecular formula is C12H14N2O2. The average molecular weight is 218 g/mol. The second-order valence-electron chi connectivity index (χ2n) is 5.03. The smallest absolute Gasteiger partial charge is 0.217 e. The number of hydrogen-bond donors (Lipinski definition) is 3. The maximum absolute atomic E-state index is 10.1. The summed E-state index contributed by atoms with van der Waals surface area (Å²) < 4.78 is 1.38. The molecule has 5 rings (SSSR count). The minimum absolute atomic E-state index is 0.180. The Balaban J connectivity index is 2.02. The van der Waals surface area contributed by atoms with E-state index in [-0.39, 0.29) is 11.8 Å². The molecule has 4 atom stereocenters. The lowest BCUT2D eigenvalue weighted by atomic mass is 9.73. The molecule has 0 aliphatic heterocycles. The van der Waals surface area contributed by atoms with Gasteiger partial charge in [-0.3, -0.25) is 0 Å². The highest BCUT2D eigenvalue weighted by Gasteiger charge is 2.56. The third-order valence-corrected chi connectivity index (χ3v) is 4.43. The summed E-state index contributed by atoms with van der Waals surface area (Å²) in [5, 5.41) is 20.2. The zero-order valence-electron chi connectivity index (χ0n) is 9.01. The molecule has 1 aromatic rings. The molecule has 2 unspecified atom stereocenters. The van der Waals surface area contributed by atoms with Crippen LogP contribution in [0.4, 0.5) is 0 Å². The van der Waals surface area contributed by atoms with Gasteiger partial charge in [-0.2, -0.15) is 4.68 Å². The van der Waals surface area contributed by atoms with Crippen molar-refractivity contribution in [3.05, 3.63) is 23.3 Å². The lowest BCUT2D eigenvalue weighted by molar-refractivity contribution is 0.387. The number of rotatable bonds is 1. The summed E-state index contributed by atoms with van der Waals surface area (Å²) in [4.78, 5) is 0. The van der Waals surface area contributed by atoms with E-state index in [1.165, 1.54) is 11.1 Å². The summed E-state index contributed by atoms with van der Waals surface area (Å²) in [7, 11) is 1.70. The minimum Gasteiger partial charge on any atom is -0.493 e. The first-order valence-corrected chi connectivity index (χ1v) is 5.76. The maximum atomic E-state index is 10.1. The second-order valence-corrected chi connectivity index (χ2v) is 5.03. The average Bonchev–Trinajstić information content (AvgIpc) is 3.05. The van der Waals surface area contributed by atoms with Crippen LogP contribution in [0.15, 0.2) is 12.2 Å². The fourth-order valence-electron chi connectivity index (χ4n) is 3.66. The fraction of sp³-hybridized carbons (Fsp3) is 0.500. The Morgan fingerprint density at radius 3 is 2.06 bits per heavy atom. The van der Waals surface area contributed by atoms with Crippen molar-refractivity contribution in [2.75, 3.05) is 12.5 Å². The van der Waals surface area contributed by atoms with Crippen LogP contribution in [0.1, 0.15) is 29.4 Å². The van der Waals surface area contributed by atoms with Crippen molar-refractivity contribution < 1.29 is 10.2 Å². The van der Waals surface area contributed by atoms with Crippen molar-refractivity contribution >= 4 is 0 Å². The van der Waals surface area contributed by atoms with Crippen LogP contribution in [0.5, 0.6) is 11.8 Å². The Kier molecular flexibility index (Phi) is 1.28. The monoisotopic (exact) mass is 218 g/mol. The number of allylic oxidation sites excluding steroid dienone is 2. The molecular weight excluding hydrogens is 204 g/mol. The molecule has 0 spiro atoms. The van der Waals surface area contributed by atoms with Crippen molar-refractivity contribution in [1.29, 1.82) is 0 Å². The molecule has 1 saturated carbocycles. The number of nitrogens with one attached hydrogen (secondary N) is 1. The maximum Gasteiger partial charge on any atom is 0.217 e. The third kappa shape index (κ3) is 0.720. The SMILES string of the molecule is CNn1c(O)c2c(c1O)C1C=CC2[C@H]2C[C@@H]12. The molecule has 4 aliphatic carbocycles. The molecule has 4 aliphatic rings. The lowest BCUT2D eigenvalue weighted by Crippen LogP contribution is -2.18. The van der Waals surface area contributed by atoms with Crippen LogP contribution in [-0.4, -0.2) is 21.9 Å². The topological polar surface area (TPSA) is 57.4 Å². The zero-order chi connectivity index (χ0) is 11.0. The molecule has 0 radical (unpaired) electrons. The molecule has 16 heavy (non-hydrogen) atoms. The fourth-order valence-corrected chi connectivity index (χ4v) is 3.66. The molecule has 0 aromatic carbocycles. The highest BCUT2D eigenvalue weighted by atomic mass is 16.3. The predicted octanol–water partition coefficient (Wildman–Crippen LogP) is 1.46. The molecule has 0 saturated heterocycles. The van der Waals surface area contributed by atoms with Crippen LogP contribution in [0.25, 0.3) is 0 Å². The summed E-state index contributed by atoms with van der Waals surface area (Å²) in [6, 6.07) is 0. The van der Waals surface area contributed by atoms with Crippen LogP contribution >= 0.6 is 0 Å². The first kappa shape index (κ1) is 8.56. The first-order chi connectivity index (χ1) is 7.74. The Hall–Kier alpha value is -1.58. The van der Waals surface area contributed by atoms with Crippen molar-refractivity contribution in [1.82, 2.24) is 4.68 Å². The van der Waals surface area contributed by atoms with E-state index in [0.29, 0.717) is 23.7 Å². The van der Waals surface area contributed by atoms with Gasteiger partial charge < -0.3 is 15.6 Å². The Morgan fingerprint density at radius 2 is 1.62 bits per heavy atom. The summed E-state index contributed by atoms with van der Waals surface area (Å²) in [5.41, 5.74) is 4.69. The number of hydrogen-bond acceptors (Lipinski definition) is 3. The summed E-state index contributed by atoms with van der Waals surface area (Å²) in [6.07, 6.45) is 5.62. The standard InChI is InChI=1S/C12H14N2O2/c1-13-14-11(15)9-5-2-3-6(8-4-7(5)8)10(9)12(14)16/h2-3,5-8,13,15-16H,4H2,1H3/t5?,6?,7-,8+. The Bertz CT molecular complexity index is 476. The van der Waals surface area contributed by atoms with E-state index in [1.807, 2.05) is 0 Å². The molecule has 1 fully saturated rings. The van der Waals surface area contributed by atoms with Gasteiger partial charge in [0.05, 0.1) is 0 Å². The molecule has 4 heteroatoms. The van der Waals surface area contributed by atoms with Gasteiger partial charge in [0, 0.05) is 30.0 Å². The summed E-state index contributed by atoms with van der Waals surface area (Å²) in [5.74, 6) is 2.37.